The molecule has 0 aliphatic heterocycles. The number of benzene rings is 2. The second kappa shape index (κ2) is 9.86. The highest BCUT2D eigenvalue weighted by Gasteiger charge is 2.14. The van der Waals surface area contributed by atoms with Crippen molar-refractivity contribution in [2.24, 2.45) is 0 Å². The third kappa shape index (κ3) is 6.44. The van der Waals surface area contributed by atoms with Crippen molar-refractivity contribution in [1.29, 1.82) is 0 Å². The predicted octanol–water partition coefficient (Wildman–Crippen LogP) is 4.07. The molecule has 1 amide bonds. The molecule has 0 aromatic heterocycles. The van der Waals surface area contributed by atoms with Gasteiger partial charge in [0.15, 0.2) is 12.4 Å². The molecular weight excluding hydrogens is 412 g/mol. The molecule has 0 aliphatic rings. The molecule has 0 saturated carbocycles. The Balaban J connectivity index is 1.68. The zero-order chi connectivity index (χ0) is 18.9. The molecule has 0 radical (unpaired) electrons. The minimum atomic E-state index is -0.936. The largest absolute Gasteiger partial charge is 0.494 e. The van der Waals surface area contributed by atoms with Crippen LogP contribution in [0, 0.1) is 11.6 Å². The van der Waals surface area contributed by atoms with Gasteiger partial charge in [-0.15, -0.1) is 0 Å². The van der Waals surface area contributed by atoms with Crippen LogP contribution in [0.4, 0.5) is 14.5 Å². The highest BCUT2D eigenvalue weighted by atomic mass is 79.9. The highest BCUT2D eigenvalue weighted by molar-refractivity contribution is 9.10. The topological polar surface area (TPSA) is 64.6 Å². The first-order valence-corrected chi connectivity index (χ1v) is 8.53. The summed E-state index contributed by atoms with van der Waals surface area (Å²) in [6.45, 7) is -0.235. The van der Waals surface area contributed by atoms with Gasteiger partial charge in [0.05, 0.1) is 12.3 Å². The van der Waals surface area contributed by atoms with Crippen LogP contribution in [0.1, 0.15) is 12.8 Å². The zero-order valence-corrected chi connectivity index (χ0v) is 15.2. The molecule has 0 aliphatic carbocycles. The van der Waals surface area contributed by atoms with Gasteiger partial charge in [-0.05, 0) is 40.5 Å². The number of carbonyl (C=O) groups is 2. The van der Waals surface area contributed by atoms with Crippen molar-refractivity contribution >= 4 is 33.5 Å². The SMILES string of the molecule is O=C(COC(=O)CCCOc1ccccc1)Nc1c(F)cc(F)cc1Br. The molecule has 0 bridgehead atoms. The van der Waals surface area contributed by atoms with E-state index in [0.717, 1.165) is 6.07 Å². The summed E-state index contributed by atoms with van der Waals surface area (Å²) in [5, 5.41) is 2.22. The Morgan fingerprint density at radius 2 is 1.85 bits per heavy atom. The normalized spacial score (nSPS) is 10.3. The number of anilines is 1. The molecule has 0 spiro atoms. The molecule has 0 unspecified atom stereocenters. The first-order valence-electron chi connectivity index (χ1n) is 7.73. The molecule has 26 heavy (non-hydrogen) atoms. The van der Waals surface area contributed by atoms with E-state index < -0.39 is 30.1 Å². The number of ether oxygens (including phenoxy) is 2. The molecule has 2 aromatic carbocycles. The average molecular weight is 428 g/mol. The van der Waals surface area contributed by atoms with Crippen LogP contribution >= 0.6 is 15.9 Å². The van der Waals surface area contributed by atoms with Gasteiger partial charge in [-0.25, -0.2) is 8.78 Å². The number of hydrogen-bond acceptors (Lipinski definition) is 4. The number of nitrogens with one attached hydrogen (secondary N) is 1. The summed E-state index contributed by atoms with van der Waals surface area (Å²) in [6, 6.07) is 10.8. The van der Waals surface area contributed by atoms with E-state index in [0.29, 0.717) is 24.8 Å². The fraction of sp³-hybridized carbons (Fsp3) is 0.222. The molecular formula is C18H16BrF2NO4. The van der Waals surface area contributed by atoms with Crippen molar-refractivity contribution in [3.8, 4) is 5.75 Å². The second-order valence-electron chi connectivity index (χ2n) is 5.22. The van der Waals surface area contributed by atoms with E-state index in [9.17, 15) is 18.4 Å². The second-order valence-corrected chi connectivity index (χ2v) is 6.07. The van der Waals surface area contributed by atoms with E-state index in [1.807, 2.05) is 18.2 Å². The maximum atomic E-state index is 13.6. The van der Waals surface area contributed by atoms with Crippen molar-refractivity contribution in [2.45, 2.75) is 12.8 Å². The van der Waals surface area contributed by atoms with Gasteiger partial charge in [0, 0.05) is 17.0 Å². The minimum Gasteiger partial charge on any atom is -0.494 e. The van der Waals surface area contributed by atoms with E-state index >= 15 is 0 Å². The smallest absolute Gasteiger partial charge is 0.306 e. The lowest BCUT2D eigenvalue weighted by Gasteiger charge is -2.09. The maximum absolute atomic E-state index is 13.6. The van der Waals surface area contributed by atoms with Gasteiger partial charge < -0.3 is 14.8 Å². The summed E-state index contributed by atoms with van der Waals surface area (Å²) < 4.78 is 36.9. The van der Waals surface area contributed by atoms with Gasteiger partial charge >= 0.3 is 5.97 Å². The summed E-state index contributed by atoms with van der Waals surface area (Å²) in [7, 11) is 0. The van der Waals surface area contributed by atoms with Crippen LogP contribution in [-0.2, 0) is 14.3 Å². The highest BCUT2D eigenvalue weighted by Crippen LogP contribution is 2.26. The molecule has 2 aromatic rings. The fourth-order valence-corrected chi connectivity index (χ4v) is 2.49. The number of carbonyl (C=O) groups excluding carboxylic acids is 2. The standard InChI is InChI=1S/C18H16BrF2NO4/c19-14-9-12(20)10-15(21)18(14)22-16(23)11-26-17(24)7-4-8-25-13-5-2-1-3-6-13/h1-3,5-6,9-10H,4,7-8,11H2,(H,22,23). The van der Waals surface area contributed by atoms with Gasteiger partial charge in [0.1, 0.15) is 11.6 Å². The van der Waals surface area contributed by atoms with Gasteiger partial charge in [-0.3, -0.25) is 9.59 Å². The van der Waals surface area contributed by atoms with Gasteiger partial charge in [0.25, 0.3) is 5.91 Å². The van der Waals surface area contributed by atoms with Gasteiger partial charge in [-0.2, -0.15) is 0 Å². The quantitative estimate of drug-likeness (QED) is 0.509. The number of amides is 1. The van der Waals surface area contributed by atoms with E-state index in [2.05, 4.69) is 21.2 Å². The van der Waals surface area contributed by atoms with Crippen molar-refractivity contribution in [2.75, 3.05) is 18.5 Å². The monoisotopic (exact) mass is 427 g/mol. The lowest BCUT2D eigenvalue weighted by molar-refractivity contribution is -0.147. The lowest BCUT2D eigenvalue weighted by atomic mass is 10.3. The van der Waals surface area contributed by atoms with E-state index in [-0.39, 0.29) is 16.6 Å². The number of halogens is 3. The Kier molecular flexibility index (Phi) is 7.53. The van der Waals surface area contributed by atoms with Crippen LogP contribution in [-0.4, -0.2) is 25.1 Å². The number of para-hydroxylation sites is 1. The summed E-state index contributed by atoms with van der Waals surface area (Å²) in [5.74, 6) is -2.32. The van der Waals surface area contributed by atoms with Crippen LogP contribution in [0.15, 0.2) is 46.9 Å². The maximum Gasteiger partial charge on any atom is 0.306 e. The number of esters is 1. The number of rotatable bonds is 8. The number of hydrogen-bond donors (Lipinski definition) is 1. The molecule has 5 nitrogen and oxygen atoms in total. The van der Waals surface area contributed by atoms with Crippen LogP contribution in [0.2, 0.25) is 0 Å². The van der Waals surface area contributed by atoms with Crippen LogP contribution < -0.4 is 10.1 Å². The average Bonchev–Trinajstić information content (AvgIpc) is 2.61. The molecule has 138 valence electrons. The molecule has 0 atom stereocenters. The Morgan fingerprint density at radius 3 is 2.54 bits per heavy atom. The van der Waals surface area contributed by atoms with Crippen molar-refractivity contribution in [3.63, 3.8) is 0 Å². The van der Waals surface area contributed by atoms with Gasteiger partial charge in [0.2, 0.25) is 0 Å². The Hall–Kier alpha value is -2.48. The molecule has 0 saturated heterocycles. The summed E-state index contributed by atoms with van der Waals surface area (Å²) in [5.41, 5.74) is -0.219. The van der Waals surface area contributed by atoms with Crippen molar-refractivity contribution in [1.82, 2.24) is 0 Å². The Morgan fingerprint density at radius 1 is 1.12 bits per heavy atom. The lowest BCUT2D eigenvalue weighted by Crippen LogP contribution is -2.22. The van der Waals surface area contributed by atoms with E-state index in [1.165, 1.54) is 0 Å². The Bertz CT molecular complexity index is 748. The fourth-order valence-electron chi connectivity index (χ4n) is 1.98. The van der Waals surface area contributed by atoms with E-state index in [1.54, 1.807) is 12.1 Å². The third-order valence-electron chi connectivity index (χ3n) is 3.17. The van der Waals surface area contributed by atoms with E-state index in [4.69, 9.17) is 9.47 Å². The van der Waals surface area contributed by atoms with Crippen molar-refractivity contribution in [3.05, 3.63) is 58.6 Å². The first kappa shape index (κ1) is 19.8. The van der Waals surface area contributed by atoms with Crippen LogP contribution in [0.5, 0.6) is 5.75 Å². The summed E-state index contributed by atoms with van der Waals surface area (Å²) in [6.07, 6.45) is 0.502. The summed E-state index contributed by atoms with van der Waals surface area (Å²) in [4.78, 5) is 23.3. The molecule has 0 heterocycles. The molecule has 2 rings (SSSR count). The molecule has 1 N–H and O–H groups in total. The van der Waals surface area contributed by atoms with Crippen LogP contribution in [0.3, 0.4) is 0 Å². The Labute approximate surface area is 157 Å². The zero-order valence-electron chi connectivity index (χ0n) is 13.6. The van der Waals surface area contributed by atoms with Crippen molar-refractivity contribution < 1.29 is 27.8 Å². The first-order chi connectivity index (χ1) is 12.5. The molecule has 8 heteroatoms. The van der Waals surface area contributed by atoms with Crippen LogP contribution in [0.25, 0.3) is 0 Å². The third-order valence-corrected chi connectivity index (χ3v) is 3.80. The van der Waals surface area contributed by atoms with Gasteiger partial charge in [-0.1, -0.05) is 18.2 Å². The predicted molar refractivity (Wildman–Crippen MR) is 94.8 cm³/mol. The molecule has 0 fully saturated rings. The summed E-state index contributed by atoms with van der Waals surface area (Å²) >= 11 is 2.95. The minimum absolute atomic E-state index is 0.0488.